The van der Waals surface area contributed by atoms with E-state index in [1.54, 1.807) is 35.2 Å². The molecule has 5 nitrogen and oxygen atoms in total. The number of nitrogens with one attached hydrogen (secondary N) is 1. The Morgan fingerprint density at radius 2 is 1.86 bits per heavy atom. The summed E-state index contributed by atoms with van der Waals surface area (Å²) in [5, 5.41) is 3.42. The number of carbonyl (C=O) groups excluding carboxylic acids is 2. The smallest absolute Gasteiger partial charge is 0.257 e. The van der Waals surface area contributed by atoms with E-state index in [0.717, 1.165) is 5.56 Å². The molecule has 0 saturated carbocycles. The Labute approximate surface area is 174 Å². The standard InChI is InChI=1S/C22H24ClFN2O3/c1-29-20-7-4-17(23)14-19(20)22(28)26-12-9-16(10-13-26)21(27)25-11-8-15-2-5-18(24)6-3-15/h2-7,14,16H,8-13H2,1H3,(H,25,27). The van der Waals surface area contributed by atoms with Gasteiger partial charge in [0.2, 0.25) is 5.91 Å². The normalized spacial score (nSPS) is 14.5. The average molecular weight is 419 g/mol. The summed E-state index contributed by atoms with van der Waals surface area (Å²) in [6.45, 7) is 1.51. The molecule has 3 rings (SSSR count). The zero-order valence-electron chi connectivity index (χ0n) is 16.3. The van der Waals surface area contributed by atoms with E-state index in [4.69, 9.17) is 16.3 Å². The quantitative estimate of drug-likeness (QED) is 0.778. The lowest BCUT2D eigenvalue weighted by atomic mass is 9.95. The number of piperidine rings is 1. The Hall–Kier alpha value is -2.60. The zero-order valence-corrected chi connectivity index (χ0v) is 17.0. The molecule has 1 saturated heterocycles. The van der Waals surface area contributed by atoms with Crippen LogP contribution in [0.1, 0.15) is 28.8 Å². The molecule has 1 fully saturated rings. The zero-order chi connectivity index (χ0) is 20.8. The number of benzene rings is 2. The van der Waals surface area contributed by atoms with Gasteiger partial charge in [0.1, 0.15) is 11.6 Å². The molecule has 0 radical (unpaired) electrons. The van der Waals surface area contributed by atoms with Crippen molar-refractivity contribution >= 4 is 23.4 Å². The van der Waals surface area contributed by atoms with Crippen LogP contribution in [0.2, 0.25) is 5.02 Å². The topological polar surface area (TPSA) is 58.6 Å². The third-order valence-corrected chi connectivity index (χ3v) is 5.41. The second kappa shape index (κ2) is 9.74. The molecule has 0 unspecified atom stereocenters. The Morgan fingerprint density at radius 3 is 2.52 bits per heavy atom. The molecule has 1 aliphatic heterocycles. The van der Waals surface area contributed by atoms with Crippen LogP contribution in [0.3, 0.4) is 0 Å². The van der Waals surface area contributed by atoms with Crippen LogP contribution < -0.4 is 10.1 Å². The minimum absolute atomic E-state index is 0.000420. The van der Waals surface area contributed by atoms with Gasteiger partial charge >= 0.3 is 0 Å². The Morgan fingerprint density at radius 1 is 1.17 bits per heavy atom. The van der Waals surface area contributed by atoms with E-state index >= 15 is 0 Å². The molecule has 2 aromatic carbocycles. The van der Waals surface area contributed by atoms with Gasteiger partial charge in [-0.05, 0) is 55.2 Å². The predicted octanol–water partition coefficient (Wildman–Crippen LogP) is 3.70. The molecule has 2 amide bonds. The van der Waals surface area contributed by atoms with Crippen molar-refractivity contribution in [2.75, 3.05) is 26.7 Å². The lowest BCUT2D eigenvalue weighted by molar-refractivity contribution is -0.126. The van der Waals surface area contributed by atoms with E-state index in [0.29, 0.717) is 55.2 Å². The van der Waals surface area contributed by atoms with Crippen molar-refractivity contribution in [3.8, 4) is 5.75 Å². The van der Waals surface area contributed by atoms with Gasteiger partial charge in [-0.1, -0.05) is 23.7 Å². The van der Waals surface area contributed by atoms with Gasteiger partial charge in [0.25, 0.3) is 5.91 Å². The van der Waals surface area contributed by atoms with E-state index in [1.165, 1.54) is 19.2 Å². The maximum Gasteiger partial charge on any atom is 0.257 e. The van der Waals surface area contributed by atoms with Crippen LogP contribution in [0.4, 0.5) is 4.39 Å². The Kier molecular flexibility index (Phi) is 7.09. The Bertz CT molecular complexity index is 865. The molecular formula is C22H24ClFN2O3. The molecule has 154 valence electrons. The largest absolute Gasteiger partial charge is 0.496 e. The number of halogens is 2. The lowest BCUT2D eigenvalue weighted by Gasteiger charge is -2.31. The highest BCUT2D eigenvalue weighted by atomic mass is 35.5. The first-order valence-electron chi connectivity index (χ1n) is 9.63. The first-order valence-corrected chi connectivity index (χ1v) is 10.0. The van der Waals surface area contributed by atoms with Crippen LogP contribution in [-0.4, -0.2) is 43.5 Å². The van der Waals surface area contributed by atoms with Crippen LogP contribution in [0.15, 0.2) is 42.5 Å². The van der Waals surface area contributed by atoms with Crippen LogP contribution in [0, 0.1) is 11.7 Å². The van der Waals surface area contributed by atoms with Gasteiger partial charge in [-0.25, -0.2) is 4.39 Å². The maximum absolute atomic E-state index is 12.9. The number of carbonyl (C=O) groups is 2. The van der Waals surface area contributed by atoms with Crippen LogP contribution in [0.5, 0.6) is 5.75 Å². The molecule has 1 N–H and O–H groups in total. The van der Waals surface area contributed by atoms with E-state index in [-0.39, 0.29) is 23.5 Å². The molecule has 1 heterocycles. The van der Waals surface area contributed by atoms with Crippen LogP contribution in [0.25, 0.3) is 0 Å². The van der Waals surface area contributed by atoms with Gasteiger partial charge in [0.15, 0.2) is 0 Å². The summed E-state index contributed by atoms with van der Waals surface area (Å²) in [7, 11) is 1.52. The first-order chi connectivity index (χ1) is 14.0. The number of hydrogen-bond acceptors (Lipinski definition) is 3. The van der Waals surface area contributed by atoms with Crippen molar-refractivity contribution in [1.82, 2.24) is 10.2 Å². The van der Waals surface area contributed by atoms with Gasteiger partial charge < -0.3 is 15.0 Å². The van der Waals surface area contributed by atoms with Gasteiger partial charge in [-0.15, -0.1) is 0 Å². The summed E-state index contributed by atoms with van der Waals surface area (Å²) < 4.78 is 18.2. The summed E-state index contributed by atoms with van der Waals surface area (Å²) in [4.78, 5) is 27.0. The SMILES string of the molecule is COc1ccc(Cl)cc1C(=O)N1CCC(C(=O)NCCc2ccc(F)cc2)CC1. The highest BCUT2D eigenvalue weighted by molar-refractivity contribution is 6.31. The Balaban J connectivity index is 1.48. The fourth-order valence-corrected chi connectivity index (χ4v) is 3.66. The van der Waals surface area contributed by atoms with E-state index in [2.05, 4.69) is 5.32 Å². The molecule has 0 aromatic heterocycles. The van der Waals surface area contributed by atoms with Gasteiger partial charge in [0, 0.05) is 30.6 Å². The number of methoxy groups -OCH3 is 1. The molecule has 1 aliphatic rings. The van der Waals surface area contributed by atoms with Crippen molar-refractivity contribution in [3.05, 3.63) is 64.4 Å². The maximum atomic E-state index is 12.9. The fourth-order valence-electron chi connectivity index (χ4n) is 3.49. The molecule has 0 spiro atoms. The number of ether oxygens (including phenoxy) is 1. The molecule has 7 heteroatoms. The average Bonchev–Trinajstić information content (AvgIpc) is 2.74. The minimum Gasteiger partial charge on any atom is -0.496 e. The lowest BCUT2D eigenvalue weighted by Crippen LogP contribution is -2.43. The number of amides is 2. The van der Waals surface area contributed by atoms with Crippen LogP contribution >= 0.6 is 11.6 Å². The number of hydrogen-bond donors (Lipinski definition) is 1. The van der Waals surface area contributed by atoms with Crippen molar-refractivity contribution < 1.29 is 18.7 Å². The molecule has 0 aliphatic carbocycles. The predicted molar refractivity (Wildman–Crippen MR) is 110 cm³/mol. The summed E-state index contributed by atoms with van der Waals surface area (Å²) >= 11 is 6.02. The van der Waals surface area contributed by atoms with Crippen molar-refractivity contribution in [1.29, 1.82) is 0 Å². The number of nitrogens with zero attached hydrogens (tertiary/aromatic N) is 1. The monoisotopic (exact) mass is 418 g/mol. The highest BCUT2D eigenvalue weighted by Gasteiger charge is 2.28. The van der Waals surface area contributed by atoms with Gasteiger partial charge in [-0.3, -0.25) is 9.59 Å². The highest BCUT2D eigenvalue weighted by Crippen LogP contribution is 2.26. The summed E-state index contributed by atoms with van der Waals surface area (Å²) in [5.74, 6) is -0.0397. The van der Waals surface area contributed by atoms with Crippen LogP contribution in [-0.2, 0) is 11.2 Å². The second-order valence-electron chi connectivity index (χ2n) is 7.08. The van der Waals surface area contributed by atoms with Gasteiger partial charge in [-0.2, -0.15) is 0 Å². The minimum atomic E-state index is -0.269. The van der Waals surface area contributed by atoms with Crippen molar-refractivity contribution in [2.24, 2.45) is 5.92 Å². The summed E-state index contributed by atoms with van der Waals surface area (Å²) in [6.07, 6.45) is 1.87. The van der Waals surface area contributed by atoms with Crippen molar-refractivity contribution in [2.45, 2.75) is 19.3 Å². The summed E-state index contributed by atoms with van der Waals surface area (Å²) in [6, 6.07) is 11.2. The molecule has 0 bridgehead atoms. The molecule has 29 heavy (non-hydrogen) atoms. The third kappa shape index (κ3) is 5.48. The third-order valence-electron chi connectivity index (χ3n) is 5.17. The number of rotatable bonds is 6. The molecule has 2 aromatic rings. The molecule has 0 atom stereocenters. The fraction of sp³-hybridized carbons (Fsp3) is 0.364. The van der Waals surface area contributed by atoms with E-state index < -0.39 is 0 Å². The van der Waals surface area contributed by atoms with E-state index in [1.807, 2.05) is 0 Å². The second-order valence-corrected chi connectivity index (χ2v) is 7.52. The first kappa shape index (κ1) is 21.1. The summed E-state index contributed by atoms with van der Waals surface area (Å²) in [5.41, 5.74) is 1.41. The number of likely N-dealkylation sites (tertiary alicyclic amines) is 1. The van der Waals surface area contributed by atoms with Crippen molar-refractivity contribution in [3.63, 3.8) is 0 Å². The van der Waals surface area contributed by atoms with E-state index in [9.17, 15) is 14.0 Å². The molecular weight excluding hydrogens is 395 g/mol. The van der Waals surface area contributed by atoms with Gasteiger partial charge in [0.05, 0.1) is 12.7 Å².